The molecule has 1 aromatic carbocycles. The van der Waals surface area contributed by atoms with Gasteiger partial charge in [0.2, 0.25) is 5.91 Å². The van der Waals surface area contributed by atoms with E-state index in [-0.39, 0.29) is 11.7 Å². The van der Waals surface area contributed by atoms with Crippen LogP contribution < -0.4 is 15.4 Å². The Hall–Kier alpha value is -3.37. The molecule has 0 fully saturated rings. The highest BCUT2D eigenvalue weighted by molar-refractivity contribution is 5.74. The quantitative estimate of drug-likeness (QED) is 0.637. The number of alkyl halides is 3. The standard InChI is InChI=1S/C16H15F3N6O2/c1-10(26)20-7-8-21-14-6-5-13-15(22-14)25(24-23-13)11-3-2-4-12(9-11)27-16(17,18)19/h2-6,9H,7-8H2,1H3,(H,20,26)(H,21,22). The Morgan fingerprint density at radius 2 is 2.04 bits per heavy atom. The number of rotatable bonds is 6. The van der Waals surface area contributed by atoms with Gasteiger partial charge in [0.1, 0.15) is 17.1 Å². The smallest absolute Gasteiger partial charge is 0.406 e. The molecule has 2 heterocycles. The number of anilines is 1. The van der Waals surface area contributed by atoms with E-state index in [2.05, 4.69) is 30.7 Å². The van der Waals surface area contributed by atoms with Gasteiger partial charge >= 0.3 is 6.36 Å². The van der Waals surface area contributed by atoms with Crippen LogP contribution in [0, 0.1) is 0 Å². The fraction of sp³-hybridized carbons (Fsp3) is 0.250. The predicted molar refractivity (Wildman–Crippen MR) is 90.5 cm³/mol. The molecule has 27 heavy (non-hydrogen) atoms. The molecule has 0 saturated carbocycles. The number of benzene rings is 1. The first-order valence-electron chi connectivity index (χ1n) is 7.89. The molecule has 3 rings (SSSR count). The first-order chi connectivity index (χ1) is 12.8. The van der Waals surface area contributed by atoms with Crippen LogP contribution in [-0.4, -0.2) is 45.3 Å². The van der Waals surface area contributed by atoms with Crippen molar-refractivity contribution in [3.8, 4) is 11.4 Å². The second-order valence-corrected chi connectivity index (χ2v) is 5.50. The van der Waals surface area contributed by atoms with Crippen molar-refractivity contribution in [2.75, 3.05) is 18.4 Å². The maximum atomic E-state index is 12.4. The number of hydrogen-bond donors (Lipinski definition) is 2. The van der Waals surface area contributed by atoms with Crippen molar-refractivity contribution in [1.29, 1.82) is 0 Å². The van der Waals surface area contributed by atoms with E-state index in [0.717, 1.165) is 0 Å². The lowest BCUT2D eigenvalue weighted by atomic mass is 10.3. The van der Waals surface area contributed by atoms with E-state index in [9.17, 15) is 18.0 Å². The van der Waals surface area contributed by atoms with E-state index in [1.165, 1.54) is 29.8 Å². The summed E-state index contributed by atoms with van der Waals surface area (Å²) >= 11 is 0. The highest BCUT2D eigenvalue weighted by Crippen LogP contribution is 2.25. The van der Waals surface area contributed by atoms with Crippen molar-refractivity contribution in [2.24, 2.45) is 0 Å². The van der Waals surface area contributed by atoms with E-state index in [1.807, 2.05) is 0 Å². The molecule has 2 aromatic heterocycles. The van der Waals surface area contributed by atoms with Crippen LogP contribution in [0.4, 0.5) is 19.0 Å². The molecule has 0 saturated heterocycles. The second kappa shape index (κ2) is 7.48. The predicted octanol–water partition coefficient (Wildman–Crippen LogP) is 2.26. The van der Waals surface area contributed by atoms with Crippen LogP contribution in [0.25, 0.3) is 16.9 Å². The number of aromatic nitrogens is 4. The molecule has 11 heteroatoms. The molecule has 0 spiro atoms. The maximum Gasteiger partial charge on any atom is 0.573 e. The first-order valence-corrected chi connectivity index (χ1v) is 7.89. The van der Waals surface area contributed by atoms with Crippen LogP contribution in [0.15, 0.2) is 36.4 Å². The minimum atomic E-state index is -4.79. The van der Waals surface area contributed by atoms with Crippen LogP contribution in [0.3, 0.4) is 0 Å². The van der Waals surface area contributed by atoms with Crippen LogP contribution >= 0.6 is 0 Å². The highest BCUT2D eigenvalue weighted by atomic mass is 19.4. The number of amides is 1. The molecule has 0 aliphatic carbocycles. The molecule has 2 N–H and O–H groups in total. The molecular formula is C16H15F3N6O2. The molecule has 1 amide bonds. The lowest BCUT2D eigenvalue weighted by molar-refractivity contribution is -0.274. The normalized spacial score (nSPS) is 11.4. The average molecular weight is 380 g/mol. The van der Waals surface area contributed by atoms with Gasteiger partial charge in [-0.25, -0.2) is 4.98 Å². The number of pyridine rings is 1. The molecule has 0 radical (unpaired) electrons. The third-order valence-electron chi connectivity index (χ3n) is 3.40. The summed E-state index contributed by atoms with van der Waals surface area (Å²) in [6.45, 7) is 2.29. The fourth-order valence-electron chi connectivity index (χ4n) is 2.32. The largest absolute Gasteiger partial charge is 0.573 e. The van der Waals surface area contributed by atoms with Gasteiger partial charge in [-0.2, -0.15) is 4.68 Å². The molecule has 3 aromatic rings. The minimum absolute atomic E-state index is 0.136. The average Bonchev–Trinajstić information content (AvgIpc) is 3.00. The Kier molecular flexibility index (Phi) is 5.10. The molecule has 8 nitrogen and oxygen atoms in total. The Morgan fingerprint density at radius 3 is 2.78 bits per heavy atom. The van der Waals surface area contributed by atoms with Gasteiger partial charge in [0, 0.05) is 26.1 Å². The maximum absolute atomic E-state index is 12.4. The summed E-state index contributed by atoms with van der Waals surface area (Å²) in [5.41, 5.74) is 1.16. The van der Waals surface area contributed by atoms with Crippen LogP contribution in [0.2, 0.25) is 0 Å². The summed E-state index contributed by atoms with van der Waals surface area (Å²) in [7, 11) is 0. The zero-order chi connectivity index (χ0) is 19.4. The van der Waals surface area contributed by atoms with Crippen LogP contribution in [-0.2, 0) is 4.79 Å². The van der Waals surface area contributed by atoms with Crippen molar-refractivity contribution in [3.63, 3.8) is 0 Å². The SMILES string of the molecule is CC(=O)NCCNc1ccc2nnn(-c3cccc(OC(F)(F)F)c3)c2n1. The number of halogens is 3. The lowest BCUT2D eigenvalue weighted by Crippen LogP contribution is -2.26. The van der Waals surface area contributed by atoms with Crippen molar-refractivity contribution in [3.05, 3.63) is 36.4 Å². The summed E-state index contributed by atoms with van der Waals surface area (Å²) in [4.78, 5) is 15.2. The topological polar surface area (TPSA) is 94.0 Å². The summed E-state index contributed by atoms with van der Waals surface area (Å²) in [6, 6.07) is 8.75. The van der Waals surface area contributed by atoms with Gasteiger partial charge in [0.15, 0.2) is 5.65 Å². The zero-order valence-electron chi connectivity index (χ0n) is 14.1. The third kappa shape index (κ3) is 4.84. The first kappa shape index (κ1) is 18.4. The molecular weight excluding hydrogens is 365 g/mol. The van der Waals surface area contributed by atoms with Crippen molar-refractivity contribution >= 4 is 22.9 Å². The Labute approximate surface area is 151 Å². The van der Waals surface area contributed by atoms with Crippen molar-refractivity contribution < 1.29 is 22.7 Å². The summed E-state index contributed by atoms with van der Waals surface area (Å²) in [5, 5.41) is 13.6. The highest BCUT2D eigenvalue weighted by Gasteiger charge is 2.31. The molecule has 0 unspecified atom stereocenters. The number of carbonyl (C=O) groups is 1. The van der Waals surface area contributed by atoms with Gasteiger partial charge in [-0.1, -0.05) is 11.3 Å². The van der Waals surface area contributed by atoms with Crippen LogP contribution in [0.5, 0.6) is 5.75 Å². The van der Waals surface area contributed by atoms with Crippen molar-refractivity contribution in [2.45, 2.75) is 13.3 Å². The fourth-order valence-corrected chi connectivity index (χ4v) is 2.32. The number of ether oxygens (including phenoxy) is 1. The summed E-state index contributed by atoms with van der Waals surface area (Å²) < 4.78 is 42.5. The van der Waals surface area contributed by atoms with Gasteiger partial charge in [-0.15, -0.1) is 18.3 Å². The molecule has 0 aliphatic rings. The number of fused-ring (bicyclic) bond motifs is 1. The van der Waals surface area contributed by atoms with Crippen LogP contribution in [0.1, 0.15) is 6.92 Å². The minimum Gasteiger partial charge on any atom is -0.406 e. The van der Waals surface area contributed by atoms with E-state index in [0.29, 0.717) is 35.8 Å². The van der Waals surface area contributed by atoms with Gasteiger partial charge < -0.3 is 15.4 Å². The molecule has 0 atom stereocenters. The lowest BCUT2D eigenvalue weighted by Gasteiger charge is -2.10. The number of nitrogens with one attached hydrogen (secondary N) is 2. The molecule has 0 bridgehead atoms. The van der Waals surface area contributed by atoms with Gasteiger partial charge in [-0.05, 0) is 24.3 Å². The Bertz CT molecular complexity index is 957. The van der Waals surface area contributed by atoms with Gasteiger partial charge in [0.25, 0.3) is 0 Å². The van der Waals surface area contributed by atoms with E-state index >= 15 is 0 Å². The Balaban J connectivity index is 1.83. The number of nitrogens with zero attached hydrogens (tertiary/aromatic N) is 4. The van der Waals surface area contributed by atoms with E-state index in [1.54, 1.807) is 18.2 Å². The monoisotopic (exact) mass is 380 g/mol. The second-order valence-electron chi connectivity index (χ2n) is 5.50. The van der Waals surface area contributed by atoms with Gasteiger partial charge in [0.05, 0.1) is 5.69 Å². The third-order valence-corrected chi connectivity index (χ3v) is 3.40. The number of hydrogen-bond acceptors (Lipinski definition) is 6. The van der Waals surface area contributed by atoms with E-state index < -0.39 is 6.36 Å². The summed E-state index contributed by atoms with van der Waals surface area (Å²) in [6.07, 6.45) is -4.79. The molecule has 142 valence electrons. The van der Waals surface area contributed by atoms with Crippen molar-refractivity contribution in [1.82, 2.24) is 25.3 Å². The Morgan fingerprint density at radius 1 is 1.22 bits per heavy atom. The van der Waals surface area contributed by atoms with E-state index in [4.69, 9.17) is 0 Å². The summed E-state index contributed by atoms with van der Waals surface area (Å²) in [5.74, 6) is 0.00998. The zero-order valence-corrected chi connectivity index (χ0v) is 14.1. The van der Waals surface area contributed by atoms with Gasteiger partial charge in [-0.3, -0.25) is 4.79 Å². The number of carbonyl (C=O) groups excluding carboxylic acids is 1. The molecule has 0 aliphatic heterocycles.